The van der Waals surface area contributed by atoms with Gasteiger partial charge in [-0.15, -0.1) is 0 Å². The van der Waals surface area contributed by atoms with Gasteiger partial charge in [0.15, 0.2) is 0 Å². The maximum Gasteiger partial charge on any atom is 0.137 e. The van der Waals surface area contributed by atoms with Crippen LogP contribution < -0.4 is 0 Å². The lowest BCUT2D eigenvalue weighted by Gasteiger charge is -2.02. The highest BCUT2D eigenvalue weighted by molar-refractivity contribution is 9.10. The number of aryl methyl sites for hydroxylation is 1. The van der Waals surface area contributed by atoms with Gasteiger partial charge in [0.25, 0.3) is 0 Å². The number of aromatic amines is 1. The smallest absolute Gasteiger partial charge is 0.137 e. The van der Waals surface area contributed by atoms with E-state index in [-0.39, 0.29) is 0 Å². The number of benzene rings is 1. The molecule has 13 heavy (non-hydrogen) atoms. The van der Waals surface area contributed by atoms with E-state index in [9.17, 15) is 0 Å². The first-order chi connectivity index (χ1) is 6.27. The Labute approximate surface area is 85.1 Å². The van der Waals surface area contributed by atoms with Gasteiger partial charge in [-0.05, 0) is 30.7 Å². The fraction of sp³-hybridized carbons (Fsp3) is 0.100. The number of H-pyrrole nitrogens is 1. The summed E-state index contributed by atoms with van der Waals surface area (Å²) in [5.74, 6) is 0.921. The summed E-state index contributed by atoms with van der Waals surface area (Å²) in [6, 6.07) is 6.15. The maximum atomic E-state index is 4.21. The Morgan fingerprint density at radius 1 is 1.38 bits per heavy atom. The van der Waals surface area contributed by atoms with Crippen LogP contribution in [0.5, 0.6) is 0 Å². The lowest BCUT2D eigenvalue weighted by molar-refractivity contribution is 1.28. The first-order valence-corrected chi connectivity index (χ1v) is 4.82. The molecule has 3 heteroatoms. The van der Waals surface area contributed by atoms with E-state index in [0.717, 1.165) is 15.9 Å². The monoisotopic (exact) mass is 236 g/mol. The van der Waals surface area contributed by atoms with Crippen LogP contribution in [0, 0.1) is 6.92 Å². The predicted molar refractivity (Wildman–Crippen MR) is 56.5 cm³/mol. The standard InChI is InChI=1S/C10H9BrN2/c1-7-6-8(11)2-3-9(7)10-12-4-5-13-10/h2-6H,1H3,(H,12,13). The molecule has 0 saturated carbocycles. The van der Waals surface area contributed by atoms with Crippen LogP contribution >= 0.6 is 15.9 Å². The summed E-state index contributed by atoms with van der Waals surface area (Å²) in [5, 5.41) is 0. The minimum absolute atomic E-state index is 0.921. The van der Waals surface area contributed by atoms with Gasteiger partial charge in [-0.1, -0.05) is 15.9 Å². The van der Waals surface area contributed by atoms with Crippen molar-refractivity contribution in [3.05, 3.63) is 40.6 Å². The molecule has 1 aromatic heterocycles. The van der Waals surface area contributed by atoms with E-state index in [2.05, 4.69) is 45.0 Å². The van der Waals surface area contributed by atoms with E-state index in [1.165, 1.54) is 5.56 Å². The Kier molecular flexibility index (Phi) is 2.19. The van der Waals surface area contributed by atoms with Crippen molar-refractivity contribution in [2.45, 2.75) is 6.92 Å². The van der Waals surface area contributed by atoms with Crippen molar-refractivity contribution in [1.29, 1.82) is 0 Å². The van der Waals surface area contributed by atoms with Crippen LogP contribution in [0.4, 0.5) is 0 Å². The zero-order valence-corrected chi connectivity index (χ0v) is 8.80. The molecule has 1 N–H and O–H groups in total. The Bertz CT molecular complexity index is 407. The van der Waals surface area contributed by atoms with E-state index in [4.69, 9.17) is 0 Å². The fourth-order valence-electron chi connectivity index (χ4n) is 1.31. The van der Waals surface area contributed by atoms with Crippen molar-refractivity contribution in [3.63, 3.8) is 0 Å². The van der Waals surface area contributed by atoms with Crippen LogP contribution in [-0.2, 0) is 0 Å². The number of rotatable bonds is 1. The van der Waals surface area contributed by atoms with Crippen LogP contribution in [-0.4, -0.2) is 9.97 Å². The summed E-state index contributed by atoms with van der Waals surface area (Å²) >= 11 is 3.43. The number of aromatic nitrogens is 2. The van der Waals surface area contributed by atoms with Crippen LogP contribution in [0.15, 0.2) is 35.1 Å². The topological polar surface area (TPSA) is 28.7 Å². The van der Waals surface area contributed by atoms with Crippen molar-refractivity contribution >= 4 is 15.9 Å². The molecule has 0 atom stereocenters. The lowest BCUT2D eigenvalue weighted by Crippen LogP contribution is -1.84. The van der Waals surface area contributed by atoms with E-state index < -0.39 is 0 Å². The summed E-state index contributed by atoms with van der Waals surface area (Å²) in [5.41, 5.74) is 2.36. The molecule has 0 aliphatic carbocycles. The lowest BCUT2D eigenvalue weighted by atomic mass is 10.1. The first-order valence-electron chi connectivity index (χ1n) is 4.03. The second kappa shape index (κ2) is 3.34. The summed E-state index contributed by atoms with van der Waals surface area (Å²) in [4.78, 5) is 7.29. The highest BCUT2D eigenvalue weighted by Crippen LogP contribution is 2.22. The van der Waals surface area contributed by atoms with Crippen molar-refractivity contribution in [2.24, 2.45) is 0 Å². The normalized spacial score (nSPS) is 10.3. The van der Waals surface area contributed by atoms with Crippen molar-refractivity contribution in [1.82, 2.24) is 9.97 Å². The Morgan fingerprint density at radius 2 is 2.23 bits per heavy atom. The van der Waals surface area contributed by atoms with Gasteiger partial charge < -0.3 is 4.98 Å². The summed E-state index contributed by atoms with van der Waals surface area (Å²) in [6.07, 6.45) is 3.59. The van der Waals surface area contributed by atoms with Gasteiger partial charge in [0.2, 0.25) is 0 Å². The van der Waals surface area contributed by atoms with Crippen LogP contribution in [0.25, 0.3) is 11.4 Å². The third-order valence-corrected chi connectivity index (χ3v) is 2.44. The summed E-state index contributed by atoms with van der Waals surface area (Å²) in [6.45, 7) is 2.07. The number of hydrogen-bond acceptors (Lipinski definition) is 1. The van der Waals surface area contributed by atoms with Gasteiger partial charge in [-0.25, -0.2) is 4.98 Å². The zero-order chi connectivity index (χ0) is 9.26. The number of nitrogens with zero attached hydrogens (tertiary/aromatic N) is 1. The number of halogens is 1. The largest absolute Gasteiger partial charge is 0.345 e. The van der Waals surface area contributed by atoms with Gasteiger partial charge in [-0.3, -0.25) is 0 Å². The van der Waals surface area contributed by atoms with Gasteiger partial charge in [0.1, 0.15) is 5.82 Å². The zero-order valence-electron chi connectivity index (χ0n) is 7.21. The molecule has 0 bridgehead atoms. The molecule has 0 unspecified atom stereocenters. The Hall–Kier alpha value is -1.09. The first kappa shape index (κ1) is 8.51. The molecule has 1 aromatic carbocycles. The number of imidazole rings is 1. The van der Waals surface area contributed by atoms with Gasteiger partial charge in [0, 0.05) is 22.4 Å². The summed E-state index contributed by atoms with van der Waals surface area (Å²) in [7, 11) is 0. The second-order valence-corrected chi connectivity index (χ2v) is 3.81. The van der Waals surface area contributed by atoms with Crippen molar-refractivity contribution in [3.8, 4) is 11.4 Å². The molecule has 0 aliphatic heterocycles. The molecule has 2 aromatic rings. The van der Waals surface area contributed by atoms with E-state index >= 15 is 0 Å². The summed E-state index contributed by atoms with van der Waals surface area (Å²) < 4.78 is 1.10. The molecule has 0 amide bonds. The molecule has 2 rings (SSSR count). The quantitative estimate of drug-likeness (QED) is 0.810. The number of nitrogens with one attached hydrogen (secondary N) is 1. The van der Waals surface area contributed by atoms with Gasteiger partial charge in [0.05, 0.1) is 0 Å². The average molecular weight is 237 g/mol. The highest BCUT2D eigenvalue weighted by atomic mass is 79.9. The van der Waals surface area contributed by atoms with Gasteiger partial charge >= 0.3 is 0 Å². The van der Waals surface area contributed by atoms with Gasteiger partial charge in [-0.2, -0.15) is 0 Å². The van der Waals surface area contributed by atoms with Crippen LogP contribution in [0.2, 0.25) is 0 Å². The SMILES string of the molecule is Cc1cc(Br)ccc1-c1ncc[nH]1. The molecular formula is C10H9BrN2. The molecule has 0 aliphatic rings. The van der Waals surface area contributed by atoms with Crippen molar-refractivity contribution < 1.29 is 0 Å². The van der Waals surface area contributed by atoms with E-state index in [0.29, 0.717) is 0 Å². The molecule has 0 fully saturated rings. The molecule has 2 nitrogen and oxygen atoms in total. The van der Waals surface area contributed by atoms with Crippen LogP contribution in [0.3, 0.4) is 0 Å². The Morgan fingerprint density at radius 3 is 2.85 bits per heavy atom. The third-order valence-electron chi connectivity index (χ3n) is 1.94. The molecule has 0 saturated heterocycles. The van der Waals surface area contributed by atoms with E-state index in [1.807, 2.05) is 12.3 Å². The second-order valence-electron chi connectivity index (χ2n) is 2.90. The molecule has 0 spiro atoms. The van der Waals surface area contributed by atoms with E-state index in [1.54, 1.807) is 6.20 Å². The third kappa shape index (κ3) is 1.65. The molecular weight excluding hydrogens is 228 g/mol. The Balaban J connectivity index is 2.53. The van der Waals surface area contributed by atoms with Crippen LogP contribution in [0.1, 0.15) is 5.56 Å². The fourth-order valence-corrected chi connectivity index (χ4v) is 1.78. The minimum atomic E-state index is 0.921. The number of hydrogen-bond donors (Lipinski definition) is 1. The predicted octanol–water partition coefficient (Wildman–Crippen LogP) is 3.15. The highest BCUT2D eigenvalue weighted by Gasteiger charge is 2.02. The average Bonchev–Trinajstić information content (AvgIpc) is 2.56. The minimum Gasteiger partial charge on any atom is -0.345 e. The molecule has 0 radical (unpaired) electrons. The van der Waals surface area contributed by atoms with Crippen molar-refractivity contribution in [2.75, 3.05) is 0 Å². The molecule has 66 valence electrons. The maximum absolute atomic E-state index is 4.21. The molecule has 1 heterocycles.